The fraction of sp³-hybridized carbons (Fsp3) is 0.857. The van der Waals surface area contributed by atoms with Gasteiger partial charge in [0.15, 0.2) is 19.4 Å². The van der Waals surface area contributed by atoms with E-state index >= 15 is 0 Å². The van der Waals surface area contributed by atoms with Gasteiger partial charge in [0.1, 0.15) is 0 Å². The molecular weight excluding hydrogens is 518 g/mol. The van der Waals surface area contributed by atoms with Crippen LogP contribution in [0.3, 0.4) is 0 Å². The monoisotopic (exact) mass is 538 g/mol. The summed E-state index contributed by atoms with van der Waals surface area (Å²) in [6.45, 7) is 4.32. The number of halogens is 2. The van der Waals surface area contributed by atoms with Crippen molar-refractivity contribution in [3.63, 3.8) is 0 Å². The standard InChI is InChI=1S/C14H20I2O6/c1-3-5-11(17)21-9-7-19-14(16)10(8-20-13(9,14)15)22-12(18)6-4-2/h9-10H,3-8H2,1-2H3/t9-,10?,13-,14-/m1/s1. The summed E-state index contributed by atoms with van der Waals surface area (Å²) in [6.07, 6.45) is 1.19. The Kier molecular flexibility index (Phi) is 6.34. The Hall–Kier alpha value is 0.320. The zero-order chi connectivity index (χ0) is 16.4. The number of rotatable bonds is 6. The van der Waals surface area contributed by atoms with E-state index in [0.717, 1.165) is 12.8 Å². The minimum Gasteiger partial charge on any atom is -0.456 e. The predicted octanol–water partition coefficient (Wildman–Crippen LogP) is 2.73. The first-order chi connectivity index (χ1) is 10.4. The van der Waals surface area contributed by atoms with Crippen molar-refractivity contribution in [3.8, 4) is 0 Å². The number of ether oxygens (including phenoxy) is 4. The fourth-order valence-corrected chi connectivity index (χ4v) is 4.47. The van der Waals surface area contributed by atoms with Crippen molar-refractivity contribution in [2.45, 2.75) is 59.0 Å². The lowest BCUT2D eigenvalue weighted by atomic mass is 10.1. The number of carbonyl (C=O) groups is 2. The normalized spacial score (nSPS) is 36.9. The molecule has 6 nitrogen and oxygen atoms in total. The van der Waals surface area contributed by atoms with Gasteiger partial charge in [-0.15, -0.1) is 0 Å². The van der Waals surface area contributed by atoms with Gasteiger partial charge in [0, 0.05) is 12.8 Å². The van der Waals surface area contributed by atoms with Crippen LogP contribution < -0.4 is 0 Å². The average Bonchev–Trinajstić information content (AvgIpc) is 2.83. The summed E-state index contributed by atoms with van der Waals surface area (Å²) >= 11 is 4.24. The Morgan fingerprint density at radius 3 is 1.64 bits per heavy atom. The highest BCUT2D eigenvalue weighted by molar-refractivity contribution is 14.1. The number of hydrogen-bond acceptors (Lipinski definition) is 6. The van der Waals surface area contributed by atoms with Gasteiger partial charge in [-0.1, -0.05) is 13.8 Å². The number of esters is 2. The largest absolute Gasteiger partial charge is 0.456 e. The second-order valence-corrected chi connectivity index (χ2v) is 8.57. The molecular formula is C14H20I2O6. The first-order valence-electron chi connectivity index (χ1n) is 7.42. The average molecular weight is 538 g/mol. The lowest BCUT2D eigenvalue weighted by molar-refractivity contribution is -0.155. The van der Waals surface area contributed by atoms with E-state index in [2.05, 4.69) is 45.2 Å². The number of alkyl halides is 2. The van der Waals surface area contributed by atoms with Gasteiger partial charge in [0.05, 0.1) is 13.2 Å². The number of hydrogen-bond donors (Lipinski definition) is 0. The summed E-state index contributed by atoms with van der Waals surface area (Å²) in [5, 5.41) is 0. The second kappa shape index (κ2) is 7.47. The third kappa shape index (κ3) is 3.39. The summed E-state index contributed by atoms with van der Waals surface area (Å²) in [5.74, 6) is -0.523. The summed E-state index contributed by atoms with van der Waals surface area (Å²) < 4.78 is 21.0. The van der Waals surface area contributed by atoms with Crippen molar-refractivity contribution in [3.05, 3.63) is 0 Å². The first-order valence-corrected chi connectivity index (χ1v) is 9.57. The SMILES string of the molecule is CCCC(=O)OC1CO[C@]2(I)[C@H](OC(=O)CCC)CO[C@]12I. The van der Waals surface area contributed by atoms with E-state index in [4.69, 9.17) is 18.9 Å². The molecule has 2 heterocycles. The fourth-order valence-electron chi connectivity index (χ4n) is 2.49. The molecule has 0 aromatic heterocycles. The molecule has 1 unspecified atom stereocenters. The second-order valence-electron chi connectivity index (χ2n) is 5.37. The molecule has 0 amide bonds. The molecule has 4 atom stereocenters. The van der Waals surface area contributed by atoms with Crippen LogP contribution in [0.25, 0.3) is 0 Å². The van der Waals surface area contributed by atoms with Gasteiger partial charge in [0.2, 0.25) is 0 Å². The Bertz CT molecular complexity index is 405. The van der Waals surface area contributed by atoms with E-state index in [1.807, 2.05) is 13.8 Å². The molecule has 2 saturated heterocycles. The summed E-state index contributed by atoms with van der Waals surface area (Å²) in [5.41, 5.74) is 0. The van der Waals surface area contributed by atoms with Crippen LogP contribution >= 0.6 is 45.2 Å². The summed E-state index contributed by atoms with van der Waals surface area (Å²) in [4.78, 5) is 23.5. The number of fused-ring (bicyclic) bond motifs is 1. The Morgan fingerprint density at radius 1 is 0.955 bits per heavy atom. The molecule has 8 heteroatoms. The quantitative estimate of drug-likeness (QED) is 0.295. The molecule has 0 aliphatic carbocycles. The predicted molar refractivity (Wildman–Crippen MR) is 95.0 cm³/mol. The topological polar surface area (TPSA) is 71.1 Å². The van der Waals surface area contributed by atoms with Crippen molar-refractivity contribution in [1.82, 2.24) is 0 Å². The molecule has 2 aliphatic heterocycles. The zero-order valence-electron chi connectivity index (χ0n) is 12.6. The van der Waals surface area contributed by atoms with Crippen molar-refractivity contribution >= 4 is 57.1 Å². The summed E-state index contributed by atoms with van der Waals surface area (Å²) in [7, 11) is 0. The molecule has 126 valence electrons. The van der Waals surface area contributed by atoms with Crippen molar-refractivity contribution in [2.75, 3.05) is 13.2 Å². The maximum absolute atomic E-state index is 11.8. The van der Waals surface area contributed by atoms with Gasteiger partial charge < -0.3 is 18.9 Å². The van der Waals surface area contributed by atoms with Crippen molar-refractivity contribution in [1.29, 1.82) is 0 Å². The highest BCUT2D eigenvalue weighted by Crippen LogP contribution is 2.56. The van der Waals surface area contributed by atoms with E-state index in [9.17, 15) is 9.59 Å². The van der Waals surface area contributed by atoms with Crippen LogP contribution in [-0.4, -0.2) is 44.6 Å². The highest BCUT2D eigenvalue weighted by atomic mass is 127. The molecule has 0 N–H and O–H groups in total. The van der Waals surface area contributed by atoms with Crippen LogP contribution in [0.2, 0.25) is 0 Å². The van der Waals surface area contributed by atoms with Gasteiger partial charge in [-0.25, -0.2) is 0 Å². The van der Waals surface area contributed by atoms with Gasteiger partial charge in [-0.2, -0.15) is 0 Å². The maximum atomic E-state index is 11.8. The molecule has 2 rings (SSSR count). The maximum Gasteiger partial charge on any atom is 0.306 e. The zero-order valence-corrected chi connectivity index (χ0v) is 16.9. The van der Waals surface area contributed by atoms with Crippen LogP contribution in [0.5, 0.6) is 0 Å². The van der Waals surface area contributed by atoms with Crippen LogP contribution in [0, 0.1) is 0 Å². The molecule has 0 saturated carbocycles. The van der Waals surface area contributed by atoms with Crippen LogP contribution in [0.4, 0.5) is 0 Å². The molecule has 0 aromatic carbocycles. The van der Waals surface area contributed by atoms with E-state index in [1.54, 1.807) is 0 Å². The van der Waals surface area contributed by atoms with Gasteiger partial charge >= 0.3 is 11.9 Å². The van der Waals surface area contributed by atoms with E-state index < -0.39 is 19.4 Å². The first kappa shape index (κ1) is 18.7. The molecule has 0 bridgehead atoms. The number of carbonyl (C=O) groups excluding carboxylic acids is 2. The summed E-state index contributed by atoms with van der Waals surface area (Å²) in [6, 6.07) is 0. The van der Waals surface area contributed by atoms with Crippen LogP contribution in [0.1, 0.15) is 39.5 Å². The molecule has 0 spiro atoms. The highest BCUT2D eigenvalue weighted by Gasteiger charge is 2.71. The Morgan fingerprint density at radius 2 is 1.32 bits per heavy atom. The Labute approximate surface area is 157 Å². The molecule has 2 fully saturated rings. The van der Waals surface area contributed by atoms with Crippen LogP contribution in [-0.2, 0) is 28.5 Å². The lowest BCUT2D eigenvalue weighted by Crippen LogP contribution is -2.50. The van der Waals surface area contributed by atoms with E-state index in [1.165, 1.54) is 0 Å². The van der Waals surface area contributed by atoms with E-state index in [0.29, 0.717) is 12.8 Å². The molecule has 0 radical (unpaired) electrons. The van der Waals surface area contributed by atoms with Gasteiger partial charge in [-0.05, 0) is 58.0 Å². The van der Waals surface area contributed by atoms with Gasteiger partial charge in [0.25, 0.3) is 0 Å². The third-order valence-electron chi connectivity index (χ3n) is 3.64. The molecule has 22 heavy (non-hydrogen) atoms. The molecule has 0 aromatic rings. The van der Waals surface area contributed by atoms with Gasteiger partial charge in [-0.3, -0.25) is 9.59 Å². The van der Waals surface area contributed by atoms with E-state index in [-0.39, 0.29) is 25.2 Å². The molecule has 2 aliphatic rings. The minimum atomic E-state index is -0.841. The van der Waals surface area contributed by atoms with Crippen molar-refractivity contribution < 1.29 is 28.5 Å². The van der Waals surface area contributed by atoms with Crippen LogP contribution in [0.15, 0.2) is 0 Å². The third-order valence-corrected chi connectivity index (χ3v) is 8.29. The van der Waals surface area contributed by atoms with Crippen molar-refractivity contribution in [2.24, 2.45) is 0 Å². The minimum absolute atomic E-state index is 0.239. The Balaban J connectivity index is 2.06. The lowest BCUT2D eigenvalue weighted by Gasteiger charge is -2.32. The smallest absolute Gasteiger partial charge is 0.306 e.